The number of nitrogens with two attached hydrogens (primary N) is 1. The minimum absolute atomic E-state index is 0.0247. The van der Waals surface area contributed by atoms with Gasteiger partial charge in [-0.2, -0.15) is 0 Å². The van der Waals surface area contributed by atoms with E-state index in [2.05, 4.69) is 10.3 Å². The average Bonchev–Trinajstić information content (AvgIpc) is 2.75. The third-order valence-corrected chi connectivity index (χ3v) is 2.51. The van der Waals surface area contributed by atoms with E-state index in [9.17, 15) is 9.18 Å². The second-order valence-corrected chi connectivity index (χ2v) is 3.64. The van der Waals surface area contributed by atoms with Crippen LogP contribution in [0.5, 0.6) is 0 Å². The molecule has 0 amide bonds. The number of aromatic carboxylic acids is 1. The van der Waals surface area contributed by atoms with E-state index in [-0.39, 0.29) is 30.3 Å². The summed E-state index contributed by atoms with van der Waals surface area (Å²) >= 11 is 0. The fourth-order valence-corrected chi connectivity index (χ4v) is 1.62. The molecule has 0 aliphatic carbocycles. The van der Waals surface area contributed by atoms with Gasteiger partial charge in [-0.05, 0) is 6.07 Å². The van der Waals surface area contributed by atoms with Crippen LogP contribution in [0.15, 0.2) is 24.3 Å². The van der Waals surface area contributed by atoms with E-state index in [1.807, 2.05) is 0 Å². The first kappa shape index (κ1) is 12.2. The molecule has 7 heteroatoms. The highest BCUT2D eigenvalue weighted by atomic mass is 19.1. The van der Waals surface area contributed by atoms with Gasteiger partial charge in [-0.25, -0.2) is 13.9 Å². The highest BCUT2D eigenvalue weighted by molar-refractivity contribution is 5.86. The van der Waals surface area contributed by atoms with Gasteiger partial charge in [0.05, 0.1) is 12.2 Å². The summed E-state index contributed by atoms with van der Waals surface area (Å²) in [6.45, 7) is 0.0720. The zero-order valence-corrected chi connectivity index (χ0v) is 9.38. The Morgan fingerprint density at radius 1 is 1.44 bits per heavy atom. The quantitative estimate of drug-likeness (QED) is 0.829. The molecule has 0 radical (unpaired) electrons. The van der Waals surface area contributed by atoms with Crippen LogP contribution in [-0.4, -0.2) is 26.1 Å². The summed E-state index contributed by atoms with van der Waals surface area (Å²) in [6.07, 6.45) is 0. The van der Waals surface area contributed by atoms with Crippen molar-refractivity contribution in [1.82, 2.24) is 15.0 Å². The Balaban J connectivity index is 2.35. The maximum atomic E-state index is 13.5. The van der Waals surface area contributed by atoms with Crippen LogP contribution in [0.1, 0.15) is 21.7 Å². The number of carboxylic acids is 1. The molecule has 0 saturated carbocycles. The van der Waals surface area contributed by atoms with Crippen molar-refractivity contribution in [1.29, 1.82) is 0 Å². The van der Waals surface area contributed by atoms with Gasteiger partial charge >= 0.3 is 5.97 Å². The van der Waals surface area contributed by atoms with E-state index in [4.69, 9.17) is 10.8 Å². The molecule has 0 fully saturated rings. The first-order valence-electron chi connectivity index (χ1n) is 5.22. The summed E-state index contributed by atoms with van der Waals surface area (Å²) in [6, 6.07) is 6.19. The van der Waals surface area contributed by atoms with Crippen LogP contribution in [0, 0.1) is 5.82 Å². The molecular weight excluding hydrogens is 239 g/mol. The second-order valence-electron chi connectivity index (χ2n) is 3.64. The standard InChI is InChI=1S/C11H11FN4O2/c12-8-4-2-1-3-7(8)6-16-9(5-13)10(11(17)18)14-15-16/h1-4H,5-6,13H2,(H,17,18). The van der Waals surface area contributed by atoms with Gasteiger partial charge in [-0.1, -0.05) is 23.4 Å². The third kappa shape index (κ3) is 2.21. The number of hydrogen-bond acceptors (Lipinski definition) is 4. The summed E-state index contributed by atoms with van der Waals surface area (Å²) in [5.41, 5.74) is 5.93. The van der Waals surface area contributed by atoms with Crippen LogP contribution < -0.4 is 5.73 Å². The number of nitrogens with zero attached hydrogens (tertiary/aromatic N) is 3. The molecule has 0 spiro atoms. The molecule has 3 N–H and O–H groups in total. The van der Waals surface area contributed by atoms with E-state index in [0.717, 1.165) is 0 Å². The van der Waals surface area contributed by atoms with Gasteiger partial charge in [0, 0.05) is 12.1 Å². The Kier molecular flexibility index (Phi) is 3.33. The third-order valence-electron chi connectivity index (χ3n) is 2.51. The maximum Gasteiger partial charge on any atom is 0.358 e. The Labute approximate surface area is 102 Å². The molecule has 18 heavy (non-hydrogen) atoms. The van der Waals surface area contributed by atoms with Crippen LogP contribution in [-0.2, 0) is 13.1 Å². The van der Waals surface area contributed by atoms with Crippen molar-refractivity contribution in [2.24, 2.45) is 5.73 Å². The van der Waals surface area contributed by atoms with Gasteiger partial charge in [-0.15, -0.1) is 5.10 Å². The van der Waals surface area contributed by atoms with Crippen molar-refractivity contribution in [3.8, 4) is 0 Å². The van der Waals surface area contributed by atoms with Crippen LogP contribution in [0.3, 0.4) is 0 Å². The number of aromatic nitrogens is 3. The SMILES string of the molecule is NCc1c(C(=O)O)nnn1Cc1ccccc1F. The van der Waals surface area contributed by atoms with Gasteiger partial charge < -0.3 is 10.8 Å². The summed E-state index contributed by atoms with van der Waals surface area (Å²) in [5, 5.41) is 16.1. The van der Waals surface area contributed by atoms with Gasteiger partial charge in [0.1, 0.15) is 5.82 Å². The Hall–Kier alpha value is -2.28. The minimum atomic E-state index is -1.20. The molecule has 94 valence electrons. The maximum absolute atomic E-state index is 13.5. The zero-order valence-electron chi connectivity index (χ0n) is 9.38. The second kappa shape index (κ2) is 4.92. The number of hydrogen-bond donors (Lipinski definition) is 2. The summed E-state index contributed by atoms with van der Waals surface area (Å²) in [5.74, 6) is -1.58. The van der Waals surface area contributed by atoms with Crippen LogP contribution in [0.4, 0.5) is 4.39 Å². The monoisotopic (exact) mass is 250 g/mol. The predicted molar refractivity (Wildman–Crippen MR) is 60.4 cm³/mol. The molecule has 2 aromatic rings. The molecule has 1 aromatic heterocycles. The lowest BCUT2D eigenvalue weighted by Gasteiger charge is -2.06. The van der Waals surface area contributed by atoms with E-state index in [1.54, 1.807) is 18.2 Å². The Morgan fingerprint density at radius 3 is 2.78 bits per heavy atom. The van der Waals surface area contributed by atoms with Gasteiger partial charge in [0.2, 0.25) is 0 Å². The highest BCUT2D eigenvalue weighted by Gasteiger charge is 2.18. The largest absolute Gasteiger partial charge is 0.476 e. The smallest absolute Gasteiger partial charge is 0.358 e. The lowest BCUT2D eigenvalue weighted by molar-refractivity contribution is 0.0689. The molecule has 0 bridgehead atoms. The molecule has 1 heterocycles. The van der Waals surface area contributed by atoms with Gasteiger partial charge in [-0.3, -0.25) is 0 Å². The van der Waals surface area contributed by atoms with Crippen LogP contribution >= 0.6 is 0 Å². The molecule has 0 saturated heterocycles. The molecule has 1 aromatic carbocycles. The summed E-state index contributed by atoms with van der Waals surface area (Å²) in [4.78, 5) is 10.9. The number of carboxylic acid groups (broad SMARTS) is 1. The van der Waals surface area contributed by atoms with Gasteiger partial charge in [0.15, 0.2) is 5.69 Å². The van der Waals surface area contributed by atoms with Gasteiger partial charge in [0.25, 0.3) is 0 Å². The summed E-state index contributed by atoms with van der Waals surface area (Å²) in [7, 11) is 0. The van der Waals surface area contributed by atoms with Crippen molar-refractivity contribution in [2.75, 3.05) is 0 Å². The molecular formula is C11H11FN4O2. The zero-order chi connectivity index (χ0) is 13.1. The lowest BCUT2D eigenvalue weighted by atomic mass is 10.2. The lowest BCUT2D eigenvalue weighted by Crippen LogP contribution is -2.13. The predicted octanol–water partition coefficient (Wildman–Crippen LogP) is 0.622. The fraction of sp³-hybridized carbons (Fsp3) is 0.182. The Morgan fingerprint density at radius 2 is 2.17 bits per heavy atom. The molecule has 0 atom stereocenters. The molecule has 6 nitrogen and oxygen atoms in total. The van der Waals surface area contributed by atoms with E-state index < -0.39 is 5.97 Å². The molecule has 2 rings (SSSR count). The normalized spacial score (nSPS) is 10.6. The van der Waals surface area contributed by atoms with Crippen molar-refractivity contribution >= 4 is 5.97 Å². The number of halogens is 1. The van der Waals surface area contributed by atoms with E-state index in [0.29, 0.717) is 5.56 Å². The first-order chi connectivity index (χ1) is 8.63. The number of carbonyl (C=O) groups is 1. The van der Waals surface area contributed by atoms with E-state index >= 15 is 0 Å². The number of rotatable bonds is 4. The van der Waals surface area contributed by atoms with Crippen molar-refractivity contribution in [2.45, 2.75) is 13.1 Å². The summed E-state index contributed by atoms with van der Waals surface area (Å²) < 4.78 is 14.8. The molecule has 0 aliphatic heterocycles. The molecule has 0 aliphatic rings. The first-order valence-corrected chi connectivity index (χ1v) is 5.22. The fourth-order valence-electron chi connectivity index (χ4n) is 1.62. The van der Waals surface area contributed by atoms with Crippen molar-refractivity contribution < 1.29 is 14.3 Å². The topological polar surface area (TPSA) is 94.0 Å². The Bertz CT molecular complexity index is 582. The average molecular weight is 250 g/mol. The van der Waals surface area contributed by atoms with Crippen molar-refractivity contribution in [3.63, 3.8) is 0 Å². The highest BCUT2D eigenvalue weighted by Crippen LogP contribution is 2.11. The molecule has 0 unspecified atom stereocenters. The number of benzene rings is 1. The van der Waals surface area contributed by atoms with Crippen LogP contribution in [0.2, 0.25) is 0 Å². The minimum Gasteiger partial charge on any atom is -0.476 e. The van der Waals surface area contributed by atoms with E-state index in [1.165, 1.54) is 10.7 Å². The van der Waals surface area contributed by atoms with Crippen LogP contribution in [0.25, 0.3) is 0 Å². The van der Waals surface area contributed by atoms with Crippen molar-refractivity contribution in [3.05, 3.63) is 47.0 Å².